The summed E-state index contributed by atoms with van der Waals surface area (Å²) in [4.78, 5) is 24.5. The van der Waals surface area contributed by atoms with Gasteiger partial charge in [0.2, 0.25) is 5.91 Å². The minimum atomic E-state index is -1.00. The van der Waals surface area contributed by atoms with Crippen LogP contribution in [0.5, 0.6) is 0 Å². The van der Waals surface area contributed by atoms with E-state index in [2.05, 4.69) is 5.32 Å². The second-order valence-electron chi connectivity index (χ2n) is 5.34. The van der Waals surface area contributed by atoms with E-state index in [1.165, 1.54) is 6.07 Å². The number of carbonyl (C=O) groups excluding carboxylic acids is 1. The number of hydrogen-bond donors (Lipinski definition) is 2. The second kappa shape index (κ2) is 4.01. The van der Waals surface area contributed by atoms with Crippen molar-refractivity contribution in [1.82, 2.24) is 0 Å². The molecule has 0 atom stereocenters. The first-order chi connectivity index (χ1) is 8.29. The predicted molar refractivity (Wildman–Crippen MR) is 69.1 cm³/mol. The van der Waals surface area contributed by atoms with Crippen LogP contribution in [0.2, 0.25) is 0 Å². The van der Waals surface area contributed by atoms with Crippen molar-refractivity contribution in [3.8, 4) is 0 Å². The lowest BCUT2D eigenvalue weighted by Gasteiger charge is -2.41. The third-order valence-electron chi connectivity index (χ3n) is 2.92. The maximum absolute atomic E-state index is 11.7. The molecule has 0 saturated heterocycles. The molecule has 5 nitrogen and oxygen atoms in total. The van der Waals surface area contributed by atoms with Crippen molar-refractivity contribution in [3.63, 3.8) is 0 Å². The van der Waals surface area contributed by atoms with Crippen LogP contribution in [0, 0.1) is 0 Å². The molecule has 1 aliphatic heterocycles. The lowest BCUT2D eigenvalue weighted by atomic mass is 10.0. The third kappa shape index (κ3) is 2.16. The number of nitrogens with zero attached hydrogens (tertiary/aromatic N) is 1. The number of carboxylic acid groups (broad SMARTS) is 1. The molecule has 2 rings (SSSR count). The Morgan fingerprint density at radius 3 is 2.61 bits per heavy atom. The molecule has 18 heavy (non-hydrogen) atoms. The fourth-order valence-corrected chi connectivity index (χ4v) is 2.02. The van der Waals surface area contributed by atoms with Gasteiger partial charge in [-0.05, 0) is 39.0 Å². The Labute approximate surface area is 105 Å². The first kappa shape index (κ1) is 12.4. The van der Waals surface area contributed by atoms with Gasteiger partial charge in [0.25, 0.3) is 0 Å². The third-order valence-corrected chi connectivity index (χ3v) is 2.92. The van der Waals surface area contributed by atoms with Crippen molar-refractivity contribution >= 4 is 23.3 Å². The van der Waals surface area contributed by atoms with Gasteiger partial charge in [-0.2, -0.15) is 0 Å². The normalized spacial score (nSPS) is 15.1. The molecule has 0 spiro atoms. The monoisotopic (exact) mass is 248 g/mol. The smallest absolute Gasteiger partial charge is 0.335 e. The van der Waals surface area contributed by atoms with E-state index in [1.807, 2.05) is 25.7 Å². The molecular weight excluding hydrogens is 232 g/mol. The summed E-state index contributed by atoms with van der Waals surface area (Å²) in [5, 5.41) is 11.7. The van der Waals surface area contributed by atoms with Crippen LogP contribution >= 0.6 is 0 Å². The van der Waals surface area contributed by atoms with E-state index in [1.54, 1.807) is 12.1 Å². The largest absolute Gasteiger partial charge is 0.478 e. The summed E-state index contributed by atoms with van der Waals surface area (Å²) in [5.41, 5.74) is 1.38. The number of rotatable bonds is 1. The first-order valence-electron chi connectivity index (χ1n) is 5.74. The summed E-state index contributed by atoms with van der Waals surface area (Å²) in [5.74, 6) is -1.13. The van der Waals surface area contributed by atoms with E-state index in [9.17, 15) is 9.59 Å². The maximum Gasteiger partial charge on any atom is 0.335 e. The molecule has 1 heterocycles. The van der Waals surface area contributed by atoms with Crippen LogP contribution in [0.25, 0.3) is 0 Å². The van der Waals surface area contributed by atoms with Crippen LogP contribution in [-0.2, 0) is 4.79 Å². The van der Waals surface area contributed by atoms with Crippen LogP contribution in [0.1, 0.15) is 31.1 Å². The van der Waals surface area contributed by atoms with Gasteiger partial charge in [0.1, 0.15) is 0 Å². The van der Waals surface area contributed by atoms with E-state index in [4.69, 9.17) is 5.11 Å². The number of nitrogens with one attached hydrogen (secondary N) is 1. The number of fused-ring (bicyclic) bond motifs is 1. The zero-order valence-electron chi connectivity index (χ0n) is 10.7. The van der Waals surface area contributed by atoms with Crippen molar-refractivity contribution in [2.45, 2.75) is 26.3 Å². The molecule has 1 aromatic rings. The zero-order valence-corrected chi connectivity index (χ0v) is 10.7. The zero-order chi connectivity index (χ0) is 13.5. The Morgan fingerprint density at radius 2 is 2.06 bits per heavy atom. The van der Waals surface area contributed by atoms with Crippen LogP contribution in [-0.4, -0.2) is 29.1 Å². The Kier molecular flexibility index (Phi) is 2.77. The number of anilines is 2. The SMILES string of the molecule is CC(C)(C)N1CC(=O)Nc2cc(C(=O)O)ccc21. The van der Waals surface area contributed by atoms with E-state index in [-0.39, 0.29) is 23.6 Å². The van der Waals surface area contributed by atoms with E-state index < -0.39 is 5.97 Å². The van der Waals surface area contributed by atoms with Gasteiger partial charge in [-0.1, -0.05) is 0 Å². The highest BCUT2D eigenvalue weighted by Gasteiger charge is 2.30. The van der Waals surface area contributed by atoms with Crippen molar-refractivity contribution in [1.29, 1.82) is 0 Å². The predicted octanol–water partition coefficient (Wildman–Crippen LogP) is 1.94. The molecule has 1 amide bonds. The van der Waals surface area contributed by atoms with Crippen LogP contribution in [0.4, 0.5) is 11.4 Å². The van der Waals surface area contributed by atoms with Gasteiger partial charge in [0, 0.05) is 5.54 Å². The fourth-order valence-electron chi connectivity index (χ4n) is 2.02. The molecule has 0 aromatic heterocycles. The molecule has 1 aliphatic rings. The Bertz CT molecular complexity index is 517. The number of hydrogen-bond acceptors (Lipinski definition) is 3. The molecule has 1 aromatic carbocycles. The molecule has 0 bridgehead atoms. The summed E-state index contributed by atoms with van der Waals surface area (Å²) < 4.78 is 0. The van der Waals surface area contributed by atoms with Gasteiger partial charge in [-0.25, -0.2) is 4.79 Å². The van der Waals surface area contributed by atoms with Gasteiger partial charge in [-0.3, -0.25) is 4.79 Å². The van der Waals surface area contributed by atoms with Gasteiger partial charge in [0.15, 0.2) is 0 Å². The molecule has 0 radical (unpaired) electrons. The van der Waals surface area contributed by atoms with E-state index >= 15 is 0 Å². The van der Waals surface area contributed by atoms with Crippen LogP contribution in [0.15, 0.2) is 18.2 Å². The highest BCUT2D eigenvalue weighted by Crippen LogP contribution is 2.34. The Morgan fingerprint density at radius 1 is 1.39 bits per heavy atom. The quantitative estimate of drug-likeness (QED) is 0.797. The number of amides is 1. The summed E-state index contributed by atoms with van der Waals surface area (Å²) in [6, 6.07) is 4.79. The van der Waals surface area contributed by atoms with E-state index in [0.29, 0.717) is 5.69 Å². The van der Waals surface area contributed by atoms with Crippen LogP contribution in [0.3, 0.4) is 0 Å². The van der Waals surface area contributed by atoms with Gasteiger partial charge >= 0.3 is 5.97 Å². The van der Waals surface area contributed by atoms with Crippen molar-refractivity contribution in [2.24, 2.45) is 0 Å². The summed E-state index contributed by atoms with van der Waals surface area (Å²) in [6.07, 6.45) is 0. The van der Waals surface area contributed by atoms with Crippen molar-refractivity contribution in [3.05, 3.63) is 23.8 Å². The number of benzene rings is 1. The van der Waals surface area contributed by atoms with Crippen LogP contribution < -0.4 is 10.2 Å². The van der Waals surface area contributed by atoms with Crippen molar-refractivity contribution < 1.29 is 14.7 Å². The average Bonchev–Trinajstić information content (AvgIpc) is 2.25. The minimum absolute atomic E-state index is 0.125. The summed E-state index contributed by atoms with van der Waals surface area (Å²) >= 11 is 0. The molecule has 5 heteroatoms. The average molecular weight is 248 g/mol. The highest BCUT2D eigenvalue weighted by atomic mass is 16.4. The molecule has 0 unspecified atom stereocenters. The maximum atomic E-state index is 11.7. The number of carbonyl (C=O) groups is 2. The molecule has 96 valence electrons. The summed E-state index contributed by atoms with van der Waals surface area (Å²) in [7, 11) is 0. The molecular formula is C13H16N2O3. The standard InChI is InChI=1S/C13H16N2O3/c1-13(2,3)15-7-11(16)14-9-6-8(12(17)18)4-5-10(9)15/h4-6H,7H2,1-3H3,(H,14,16)(H,17,18). The molecule has 0 saturated carbocycles. The van der Waals surface area contributed by atoms with Gasteiger partial charge < -0.3 is 15.3 Å². The first-order valence-corrected chi connectivity index (χ1v) is 5.74. The molecule has 2 N–H and O–H groups in total. The lowest BCUT2D eigenvalue weighted by Crippen LogP contribution is -2.49. The highest BCUT2D eigenvalue weighted by molar-refractivity contribution is 6.03. The second-order valence-corrected chi connectivity index (χ2v) is 5.34. The summed E-state index contributed by atoms with van der Waals surface area (Å²) in [6.45, 7) is 6.32. The van der Waals surface area contributed by atoms with Crippen molar-refractivity contribution in [2.75, 3.05) is 16.8 Å². The minimum Gasteiger partial charge on any atom is -0.478 e. The van der Waals surface area contributed by atoms with E-state index in [0.717, 1.165) is 5.69 Å². The Balaban J connectivity index is 2.51. The molecule has 0 aliphatic carbocycles. The Hall–Kier alpha value is -2.04. The lowest BCUT2D eigenvalue weighted by molar-refractivity contribution is -0.115. The fraction of sp³-hybridized carbons (Fsp3) is 0.385. The van der Waals surface area contributed by atoms with Gasteiger partial charge in [-0.15, -0.1) is 0 Å². The topological polar surface area (TPSA) is 69.6 Å². The molecule has 0 fully saturated rings. The number of aromatic carboxylic acids is 1. The van der Waals surface area contributed by atoms with Gasteiger partial charge in [0.05, 0.1) is 23.5 Å². The number of carboxylic acids is 1.